The van der Waals surface area contributed by atoms with E-state index in [1.807, 2.05) is 5.32 Å². The molecule has 0 aliphatic rings. The van der Waals surface area contributed by atoms with Gasteiger partial charge in [-0.05, 0) is 12.1 Å². The zero-order valence-corrected chi connectivity index (χ0v) is 8.92. The van der Waals surface area contributed by atoms with Gasteiger partial charge in [-0.1, -0.05) is 18.2 Å². The average molecular weight is 248 g/mol. The molecule has 4 amide bonds. The lowest BCUT2D eigenvalue weighted by atomic mass is 10.3. The highest BCUT2D eigenvalue weighted by Crippen LogP contribution is 2.15. The number of imide groups is 1. The van der Waals surface area contributed by atoms with Crippen LogP contribution in [0.2, 0.25) is 0 Å². The molecular weight excluding hydrogens is 241 g/mol. The second kappa shape index (κ2) is 5.43. The summed E-state index contributed by atoms with van der Waals surface area (Å²) in [6.45, 7) is 0. The van der Waals surface area contributed by atoms with E-state index < -0.39 is 12.1 Å². The van der Waals surface area contributed by atoms with Gasteiger partial charge in [-0.2, -0.15) is 0 Å². The van der Waals surface area contributed by atoms with Crippen molar-refractivity contribution in [2.24, 2.45) is 0 Å². The van der Waals surface area contributed by atoms with Crippen LogP contribution in [0.1, 0.15) is 0 Å². The number of amides is 4. The Kier molecular flexibility index (Phi) is 4.20. The quantitative estimate of drug-likeness (QED) is 0.748. The maximum Gasteiger partial charge on any atom is 0.344 e. The van der Waals surface area contributed by atoms with Crippen LogP contribution < -0.4 is 14.6 Å². The van der Waals surface area contributed by atoms with E-state index in [4.69, 9.17) is 23.6 Å². The number of anilines is 1. The third-order valence-electron chi connectivity index (χ3n) is 1.47. The maximum absolute atomic E-state index is 11.3. The SMILES string of the molecule is O=C(NCl)NC(=O)N(Cl)c1ccccc1. The maximum atomic E-state index is 11.3. The van der Waals surface area contributed by atoms with Gasteiger partial charge in [0.1, 0.15) is 0 Å². The van der Waals surface area contributed by atoms with Crippen molar-refractivity contribution in [1.82, 2.24) is 10.2 Å². The number of rotatable bonds is 1. The predicted molar refractivity (Wildman–Crippen MR) is 57.7 cm³/mol. The van der Waals surface area contributed by atoms with Crippen LogP contribution in [0.25, 0.3) is 0 Å². The van der Waals surface area contributed by atoms with E-state index in [0.29, 0.717) is 5.69 Å². The Labute approximate surface area is 96.2 Å². The van der Waals surface area contributed by atoms with Crippen molar-refractivity contribution in [3.63, 3.8) is 0 Å². The Bertz CT molecular complexity index is 358. The van der Waals surface area contributed by atoms with Gasteiger partial charge in [-0.15, -0.1) is 0 Å². The highest BCUT2D eigenvalue weighted by molar-refractivity contribution is 6.37. The summed E-state index contributed by atoms with van der Waals surface area (Å²) in [7, 11) is 0. The van der Waals surface area contributed by atoms with Crippen molar-refractivity contribution >= 4 is 41.3 Å². The van der Waals surface area contributed by atoms with Crippen LogP contribution >= 0.6 is 23.6 Å². The second-order valence-electron chi connectivity index (χ2n) is 2.47. The largest absolute Gasteiger partial charge is 0.344 e. The summed E-state index contributed by atoms with van der Waals surface area (Å²) in [5.41, 5.74) is 0.444. The van der Waals surface area contributed by atoms with Crippen LogP contribution in [0.4, 0.5) is 15.3 Å². The highest BCUT2D eigenvalue weighted by Gasteiger charge is 2.15. The smallest absolute Gasteiger partial charge is 0.257 e. The number of hydrogen-bond acceptors (Lipinski definition) is 2. The standard InChI is InChI=1S/C8H7Cl2N3O2/c9-12-7(14)11-8(15)13(10)6-4-2-1-3-5-6/h1-5H,(H2,11,12,14,15). The number of halogens is 2. The molecule has 0 radical (unpaired) electrons. The molecule has 0 bridgehead atoms. The summed E-state index contributed by atoms with van der Waals surface area (Å²) in [4.78, 5) is 23.7. The normalized spacial score (nSPS) is 9.20. The molecule has 2 N–H and O–H groups in total. The minimum absolute atomic E-state index is 0.444. The first-order chi connectivity index (χ1) is 7.15. The molecule has 0 fully saturated rings. The molecule has 0 saturated carbocycles. The van der Waals surface area contributed by atoms with Gasteiger partial charge in [0.05, 0.1) is 5.69 Å². The van der Waals surface area contributed by atoms with Gasteiger partial charge in [0.2, 0.25) is 0 Å². The van der Waals surface area contributed by atoms with Crippen molar-refractivity contribution in [1.29, 1.82) is 0 Å². The number of nitrogens with zero attached hydrogens (tertiary/aromatic N) is 1. The molecule has 0 aliphatic heterocycles. The van der Waals surface area contributed by atoms with E-state index in [-0.39, 0.29) is 0 Å². The molecule has 1 rings (SSSR count). The van der Waals surface area contributed by atoms with E-state index >= 15 is 0 Å². The lowest BCUT2D eigenvalue weighted by Crippen LogP contribution is -2.41. The van der Waals surface area contributed by atoms with Gasteiger partial charge in [0, 0.05) is 23.6 Å². The van der Waals surface area contributed by atoms with Gasteiger partial charge in [-0.25, -0.2) is 18.8 Å². The monoisotopic (exact) mass is 247 g/mol. The van der Waals surface area contributed by atoms with Crippen LogP contribution in [-0.2, 0) is 0 Å². The number of para-hydroxylation sites is 1. The molecule has 0 saturated heterocycles. The zero-order chi connectivity index (χ0) is 11.3. The summed E-state index contributed by atoms with van der Waals surface area (Å²) < 4.78 is 0.770. The number of carbonyl (C=O) groups is 2. The number of hydrogen-bond donors (Lipinski definition) is 2. The van der Waals surface area contributed by atoms with Crippen molar-refractivity contribution < 1.29 is 9.59 Å². The van der Waals surface area contributed by atoms with Gasteiger partial charge < -0.3 is 0 Å². The van der Waals surface area contributed by atoms with Gasteiger partial charge in [0.15, 0.2) is 0 Å². The molecule has 0 unspecified atom stereocenters. The third kappa shape index (κ3) is 3.30. The molecule has 15 heavy (non-hydrogen) atoms. The first kappa shape index (κ1) is 11.6. The fraction of sp³-hybridized carbons (Fsp3) is 0. The molecule has 0 spiro atoms. The lowest BCUT2D eigenvalue weighted by Gasteiger charge is -2.13. The van der Waals surface area contributed by atoms with Crippen LogP contribution in [0.15, 0.2) is 30.3 Å². The fourth-order valence-corrected chi connectivity index (χ4v) is 1.05. The molecule has 5 nitrogen and oxygen atoms in total. The van der Waals surface area contributed by atoms with Crippen molar-refractivity contribution in [3.05, 3.63) is 30.3 Å². The molecule has 0 atom stereocenters. The van der Waals surface area contributed by atoms with Crippen LogP contribution in [-0.4, -0.2) is 12.1 Å². The second-order valence-corrected chi connectivity index (χ2v) is 3.00. The molecule has 0 aromatic heterocycles. The summed E-state index contributed by atoms with van der Waals surface area (Å²) in [6, 6.07) is 6.79. The molecular formula is C8H7Cl2N3O2. The summed E-state index contributed by atoms with van der Waals surface area (Å²) >= 11 is 10.6. The van der Waals surface area contributed by atoms with Crippen molar-refractivity contribution in [2.45, 2.75) is 0 Å². The van der Waals surface area contributed by atoms with Gasteiger partial charge >= 0.3 is 12.1 Å². The Balaban J connectivity index is 2.65. The highest BCUT2D eigenvalue weighted by atomic mass is 35.5. The summed E-state index contributed by atoms with van der Waals surface area (Å²) in [5, 5.41) is 1.90. The number of carbonyl (C=O) groups excluding carboxylic acids is 2. The number of urea groups is 2. The molecule has 1 aromatic carbocycles. The zero-order valence-electron chi connectivity index (χ0n) is 7.41. The van der Waals surface area contributed by atoms with E-state index in [0.717, 1.165) is 4.42 Å². The Morgan fingerprint density at radius 1 is 1.20 bits per heavy atom. The molecule has 0 aliphatic carbocycles. The predicted octanol–water partition coefficient (Wildman–Crippen LogP) is 2.22. The Morgan fingerprint density at radius 3 is 2.33 bits per heavy atom. The minimum Gasteiger partial charge on any atom is -0.257 e. The van der Waals surface area contributed by atoms with Crippen molar-refractivity contribution in [2.75, 3.05) is 4.42 Å². The number of benzene rings is 1. The fourth-order valence-electron chi connectivity index (χ4n) is 0.846. The Hall–Kier alpha value is -1.46. The van der Waals surface area contributed by atoms with Crippen LogP contribution in [0, 0.1) is 0 Å². The van der Waals surface area contributed by atoms with E-state index in [1.54, 1.807) is 35.2 Å². The first-order valence-corrected chi connectivity index (χ1v) is 4.59. The molecule has 1 aromatic rings. The average Bonchev–Trinajstić information content (AvgIpc) is 2.29. The van der Waals surface area contributed by atoms with Crippen molar-refractivity contribution in [3.8, 4) is 0 Å². The van der Waals surface area contributed by atoms with Crippen LogP contribution in [0.3, 0.4) is 0 Å². The Morgan fingerprint density at radius 2 is 1.80 bits per heavy atom. The molecule has 0 heterocycles. The number of nitrogens with one attached hydrogen (secondary N) is 2. The van der Waals surface area contributed by atoms with Gasteiger partial charge in [0.25, 0.3) is 0 Å². The van der Waals surface area contributed by atoms with E-state index in [9.17, 15) is 9.59 Å². The molecule has 80 valence electrons. The third-order valence-corrected chi connectivity index (χ3v) is 1.99. The topological polar surface area (TPSA) is 61.4 Å². The van der Waals surface area contributed by atoms with E-state index in [1.165, 1.54) is 0 Å². The molecule has 7 heteroatoms. The lowest BCUT2D eigenvalue weighted by molar-refractivity contribution is 0.235. The van der Waals surface area contributed by atoms with Crippen LogP contribution in [0.5, 0.6) is 0 Å². The first-order valence-electron chi connectivity index (χ1n) is 3.87. The van der Waals surface area contributed by atoms with Gasteiger partial charge in [-0.3, -0.25) is 5.32 Å². The summed E-state index contributed by atoms with van der Waals surface area (Å²) in [5.74, 6) is 0. The minimum atomic E-state index is -0.844. The summed E-state index contributed by atoms with van der Waals surface area (Å²) in [6.07, 6.45) is 0. The van der Waals surface area contributed by atoms with E-state index in [2.05, 4.69) is 0 Å².